The van der Waals surface area contributed by atoms with Gasteiger partial charge in [-0.3, -0.25) is 5.01 Å². The number of nitrogens with zero attached hydrogens (tertiary/aromatic N) is 1. The largest absolute Gasteiger partial charge is 0.462 e. The maximum Gasteiger partial charge on any atom is 0.340 e. The Labute approximate surface area is 167 Å². The van der Waals surface area contributed by atoms with Crippen molar-refractivity contribution in [2.24, 2.45) is 5.84 Å². The van der Waals surface area contributed by atoms with Crippen molar-refractivity contribution >= 4 is 5.97 Å². The van der Waals surface area contributed by atoms with Gasteiger partial charge in [-0.05, 0) is 32.8 Å². The molecular formula is C21H33N3O4. The van der Waals surface area contributed by atoms with Crippen LogP contribution in [0.3, 0.4) is 0 Å². The first-order valence-electron chi connectivity index (χ1n) is 9.34. The van der Waals surface area contributed by atoms with Crippen LogP contribution in [0.2, 0.25) is 0 Å². The van der Waals surface area contributed by atoms with E-state index in [0.717, 1.165) is 5.57 Å². The summed E-state index contributed by atoms with van der Waals surface area (Å²) in [6, 6.07) is -0.110. The minimum Gasteiger partial charge on any atom is -0.462 e. The van der Waals surface area contributed by atoms with Crippen LogP contribution in [0.1, 0.15) is 27.2 Å². The molecular weight excluding hydrogens is 358 g/mol. The van der Waals surface area contributed by atoms with Crippen LogP contribution in [-0.2, 0) is 14.3 Å². The van der Waals surface area contributed by atoms with Gasteiger partial charge in [0.05, 0.1) is 38.0 Å². The van der Waals surface area contributed by atoms with E-state index < -0.39 is 11.5 Å². The summed E-state index contributed by atoms with van der Waals surface area (Å²) in [5, 5.41) is 13.9. The van der Waals surface area contributed by atoms with Crippen LogP contribution in [0.5, 0.6) is 0 Å². The van der Waals surface area contributed by atoms with E-state index in [-0.39, 0.29) is 38.0 Å². The summed E-state index contributed by atoms with van der Waals surface area (Å²) >= 11 is 0. The van der Waals surface area contributed by atoms with Gasteiger partial charge < -0.3 is 19.9 Å². The number of hydrazine groups is 1. The summed E-state index contributed by atoms with van der Waals surface area (Å²) in [5.74, 6) is 6.29. The zero-order valence-corrected chi connectivity index (χ0v) is 17.1. The zero-order valence-electron chi connectivity index (χ0n) is 17.1. The molecule has 156 valence electrons. The second-order valence-corrected chi connectivity index (χ2v) is 6.90. The van der Waals surface area contributed by atoms with Gasteiger partial charge in [-0.15, -0.1) is 0 Å². The van der Waals surface area contributed by atoms with Crippen LogP contribution in [0.15, 0.2) is 60.5 Å². The lowest BCUT2D eigenvalue weighted by atomic mass is 9.87. The molecule has 4 N–H and O–H groups in total. The Morgan fingerprint density at radius 1 is 1.43 bits per heavy atom. The van der Waals surface area contributed by atoms with Crippen molar-refractivity contribution < 1.29 is 19.4 Å². The Kier molecular flexibility index (Phi) is 9.72. The fourth-order valence-electron chi connectivity index (χ4n) is 2.90. The standard InChI is InChI=1S/C21H33N3O4/c1-6-9-11-16(10-7-2)18-14-21(4,5)24(22)19(23-18)17(15-27-13-12-25)20(26)28-8-3/h6-7,9-11,18,23,25H,1-2,8,12-15,22H2,3-5H3/b11-9-,16-10+,19-17+. The third-order valence-corrected chi connectivity index (χ3v) is 4.33. The predicted octanol–water partition coefficient (Wildman–Crippen LogP) is 1.94. The smallest absolute Gasteiger partial charge is 0.340 e. The molecule has 0 aliphatic carbocycles. The van der Waals surface area contributed by atoms with Crippen molar-refractivity contribution in [2.45, 2.75) is 38.8 Å². The summed E-state index contributed by atoms with van der Waals surface area (Å²) in [5.41, 5.74) is 0.816. The monoisotopic (exact) mass is 391 g/mol. The van der Waals surface area contributed by atoms with Crippen molar-refractivity contribution in [1.29, 1.82) is 0 Å². The minimum atomic E-state index is -0.509. The topological polar surface area (TPSA) is 97.0 Å². The number of carbonyl (C=O) groups excluding carboxylic acids is 1. The van der Waals surface area contributed by atoms with Gasteiger partial charge in [0.15, 0.2) is 0 Å². The second kappa shape index (κ2) is 11.5. The lowest BCUT2D eigenvalue weighted by Crippen LogP contribution is -2.61. The number of carbonyl (C=O) groups is 1. The number of rotatable bonds is 10. The number of esters is 1. The van der Waals surface area contributed by atoms with Crippen molar-refractivity contribution in [2.75, 3.05) is 26.4 Å². The lowest BCUT2D eigenvalue weighted by Gasteiger charge is -2.47. The molecule has 0 aromatic heterocycles. The Hall–Kier alpha value is -2.35. The number of hydrogen-bond donors (Lipinski definition) is 3. The highest BCUT2D eigenvalue weighted by atomic mass is 16.5. The van der Waals surface area contributed by atoms with Gasteiger partial charge in [-0.2, -0.15) is 0 Å². The number of aliphatic hydroxyl groups excluding tert-OH is 1. The lowest BCUT2D eigenvalue weighted by molar-refractivity contribution is -0.139. The predicted molar refractivity (Wildman–Crippen MR) is 111 cm³/mol. The van der Waals surface area contributed by atoms with Crippen molar-refractivity contribution in [3.63, 3.8) is 0 Å². The number of ether oxygens (including phenoxy) is 2. The second-order valence-electron chi connectivity index (χ2n) is 6.90. The first-order valence-corrected chi connectivity index (χ1v) is 9.34. The SMILES string of the molecule is C=C/C=C\C(=C/C=C)C1CC(C)(C)N(N)/C(=C(\COCCO)C(=O)OCC)N1. The molecule has 1 rings (SSSR count). The average Bonchev–Trinajstić information content (AvgIpc) is 2.65. The van der Waals surface area contributed by atoms with Crippen LogP contribution in [0, 0.1) is 0 Å². The number of hydrogen-bond acceptors (Lipinski definition) is 7. The summed E-state index contributed by atoms with van der Waals surface area (Å²) in [4.78, 5) is 12.6. The van der Waals surface area contributed by atoms with Gasteiger partial charge >= 0.3 is 5.97 Å². The quantitative estimate of drug-likeness (QED) is 0.172. The van der Waals surface area contributed by atoms with Gasteiger partial charge in [0, 0.05) is 0 Å². The summed E-state index contributed by atoms with van der Waals surface area (Å²) < 4.78 is 10.6. The molecule has 0 aromatic rings. The highest BCUT2D eigenvalue weighted by Gasteiger charge is 2.39. The molecule has 0 spiro atoms. The van der Waals surface area contributed by atoms with E-state index >= 15 is 0 Å². The van der Waals surface area contributed by atoms with Gasteiger partial charge in [-0.1, -0.05) is 43.5 Å². The molecule has 1 unspecified atom stereocenters. The molecule has 1 heterocycles. The van der Waals surface area contributed by atoms with E-state index in [1.165, 1.54) is 0 Å². The molecule has 1 fully saturated rings. The maximum absolute atomic E-state index is 12.6. The number of allylic oxidation sites excluding steroid dienone is 4. The molecule has 7 heteroatoms. The van der Waals surface area contributed by atoms with Gasteiger partial charge in [0.2, 0.25) is 0 Å². The van der Waals surface area contributed by atoms with Crippen LogP contribution in [-0.4, -0.2) is 54.1 Å². The number of nitrogens with one attached hydrogen (secondary N) is 1. The van der Waals surface area contributed by atoms with E-state index in [1.54, 1.807) is 24.1 Å². The maximum atomic E-state index is 12.6. The third kappa shape index (κ3) is 6.37. The molecule has 1 aliphatic heterocycles. The van der Waals surface area contributed by atoms with Gasteiger partial charge in [0.25, 0.3) is 0 Å². The fourth-order valence-corrected chi connectivity index (χ4v) is 2.90. The molecule has 1 aliphatic rings. The van der Waals surface area contributed by atoms with E-state index in [9.17, 15) is 4.79 Å². The normalized spacial score (nSPS) is 21.2. The number of nitrogens with two attached hydrogens (primary N) is 1. The van der Waals surface area contributed by atoms with E-state index in [0.29, 0.717) is 12.2 Å². The Morgan fingerprint density at radius 2 is 2.14 bits per heavy atom. The highest BCUT2D eigenvalue weighted by molar-refractivity contribution is 5.89. The van der Waals surface area contributed by atoms with Crippen LogP contribution >= 0.6 is 0 Å². The van der Waals surface area contributed by atoms with E-state index in [4.69, 9.17) is 20.4 Å². The van der Waals surface area contributed by atoms with Crippen molar-refractivity contribution in [1.82, 2.24) is 10.3 Å². The number of aliphatic hydroxyl groups is 1. The van der Waals surface area contributed by atoms with Gasteiger partial charge in [0.1, 0.15) is 11.4 Å². The first kappa shape index (κ1) is 23.7. The van der Waals surface area contributed by atoms with Crippen LogP contribution in [0.25, 0.3) is 0 Å². The Balaban J connectivity index is 3.39. The van der Waals surface area contributed by atoms with E-state index in [1.807, 2.05) is 32.1 Å². The summed E-state index contributed by atoms with van der Waals surface area (Å²) in [6.45, 7) is 13.4. The average molecular weight is 392 g/mol. The van der Waals surface area contributed by atoms with Crippen molar-refractivity contribution in [3.8, 4) is 0 Å². The third-order valence-electron chi connectivity index (χ3n) is 4.33. The minimum absolute atomic E-state index is 0.0266. The zero-order chi connectivity index (χ0) is 21.2. The molecule has 0 bridgehead atoms. The molecule has 7 nitrogen and oxygen atoms in total. The molecule has 1 saturated heterocycles. The molecule has 1 atom stereocenters. The fraction of sp³-hybridized carbons (Fsp3) is 0.476. The molecule has 0 amide bonds. The summed E-state index contributed by atoms with van der Waals surface area (Å²) in [6.07, 6.45) is 9.80. The molecule has 0 saturated carbocycles. The van der Waals surface area contributed by atoms with Gasteiger partial charge in [-0.25, -0.2) is 10.6 Å². The Morgan fingerprint density at radius 3 is 2.71 bits per heavy atom. The molecule has 0 aromatic carbocycles. The first-order chi connectivity index (χ1) is 13.3. The molecule has 28 heavy (non-hydrogen) atoms. The Bertz CT molecular complexity index is 650. The highest BCUT2D eigenvalue weighted by Crippen LogP contribution is 2.31. The van der Waals surface area contributed by atoms with Crippen molar-refractivity contribution in [3.05, 3.63) is 60.5 Å². The molecule has 0 radical (unpaired) electrons. The van der Waals surface area contributed by atoms with Crippen LogP contribution in [0.4, 0.5) is 0 Å². The summed E-state index contributed by atoms with van der Waals surface area (Å²) in [7, 11) is 0. The van der Waals surface area contributed by atoms with E-state index in [2.05, 4.69) is 18.5 Å². The van der Waals surface area contributed by atoms with Crippen LogP contribution < -0.4 is 11.2 Å².